The Bertz CT molecular complexity index is 346. The number of hydrogen-bond acceptors (Lipinski definition) is 5. The molecular weight excluding hydrogens is 230 g/mol. The summed E-state index contributed by atoms with van der Waals surface area (Å²) in [5, 5.41) is 7.66. The van der Waals surface area contributed by atoms with Crippen LogP contribution in [0.2, 0.25) is 0 Å². The summed E-state index contributed by atoms with van der Waals surface area (Å²) in [5.74, 6) is 0.462. The Kier molecular flexibility index (Phi) is 3.35. The lowest BCUT2D eigenvalue weighted by molar-refractivity contribution is -0.00675. The van der Waals surface area contributed by atoms with Crippen molar-refractivity contribution in [1.29, 1.82) is 0 Å². The predicted molar refractivity (Wildman–Crippen MR) is 60.8 cm³/mol. The van der Waals surface area contributed by atoms with Gasteiger partial charge in [-0.25, -0.2) is 0 Å². The average molecular weight is 246 g/mol. The summed E-state index contributed by atoms with van der Waals surface area (Å²) in [6.07, 6.45) is 0.347. The number of rotatable bonds is 2. The van der Waals surface area contributed by atoms with Gasteiger partial charge in [-0.15, -0.1) is 16.7 Å². The van der Waals surface area contributed by atoms with Crippen LogP contribution in [0.3, 0.4) is 0 Å². The maximum absolute atomic E-state index is 5.87. The molecule has 2 heterocycles. The van der Waals surface area contributed by atoms with Gasteiger partial charge in [-0.1, -0.05) is 5.10 Å². The van der Waals surface area contributed by atoms with E-state index in [0.717, 1.165) is 13.1 Å². The lowest BCUT2D eigenvalue weighted by Crippen LogP contribution is -2.45. The normalized spacial score (nSPS) is 28.1. The van der Waals surface area contributed by atoms with E-state index < -0.39 is 0 Å². The molecule has 0 N–H and O–H groups in total. The van der Waals surface area contributed by atoms with Crippen molar-refractivity contribution in [2.75, 3.05) is 18.0 Å². The quantitative estimate of drug-likeness (QED) is 0.746. The number of alkyl halides is 1. The van der Waals surface area contributed by atoms with Crippen LogP contribution in [0.25, 0.3) is 0 Å². The first-order valence-corrected chi connectivity index (χ1v) is 5.87. The minimum Gasteiger partial charge on any atom is -0.406 e. The lowest BCUT2D eigenvalue weighted by Gasteiger charge is -2.33. The number of hydrogen-bond donors (Lipinski definition) is 0. The zero-order valence-corrected chi connectivity index (χ0v) is 10.4. The summed E-state index contributed by atoms with van der Waals surface area (Å²) in [7, 11) is 0. The van der Waals surface area contributed by atoms with Crippen molar-refractivity contribution in [2.45, 2.75) is 38.4 Å². The molecule has 90 valence electrons. The van der Waals surface area contributed by atoms with E-state index >= 15 is 0 Å². The van der Waals surface area contributed by atoms with Gasteiger partial charge in [0.05, 0.1) is 12.2 Å². The summed E-state index contributed by atoms with van der Waals surface area (Å²) in [4.78, 5) is 2.04. The van der Waals surface area contributed by atoms with Crippen LogP contribution in [0.5, 0.6) is 0 Å². The van der Waals surface area contributed by atoms with E-state index in [-0.39, 0.29) is 17.6 Å². The maximum Gasteiger partial charge on any atom is 0.318 e. The molecule has 1 unspecified atom stereocenters. The largest absolute Gasteiger partial charge is 0.406 e. The molecule has 2 rings (SSSR count). The van der Waals surface area contributed by atoms with Gasteiger partial charge in [0.2, 0.25) is 5.89 Å². The second-order valence-electron chi connectivity index (χ2n) is 4.20. The summed E-state index contributed by atoms with van der Waals surface area (Å²) >= 11 is 5.87. The molecule has 1 aromatic rings. The van der Waals surface area contributed by atoms with Gasteiger partial charge in [-0.2, -0.15) is 0 Å². The standard InChI is InChI=1S/C10H16ClN3O2/c1-6-4-14(5-7(2)15-6)10-13-12-9(16-10)8(3)11/h6-8H,4-5H2,1-3H3/t6-,7+,8?. The van der Waals surface area contributed by atoms with Crippen LogP contribution in [0.15, 0.2) is 4.42 Å². The second-order valence-corrected chi connectivity index (χ2v) is 4.86. The van der Waals surface area contributed by atoms with Gasteiger partial charge in [0.1, 0.15) is 5.38 Å². The zero-order chi connectivity index (χ0) is 11.7. The smallest absolute Gasteiger partial charge is 0.318 e. The Morgan fingerprint density at radius 2 is 1.94 bits per heavy atom. The highest BCUT2D eigenvalue weighted by atomic mass is 35.5. The first-order chi connectivity index (χ1) is 7.56. The van der Waals surface area contributed by atoms with Crippen LogP contribution in [-0.2, 0) is 4.74 Å². The molecular formula is C10H16ClN3O2. The van der Waals surface area contributed by atoms with E-state index in [1.54, 1.807) is 0 Å². The van der Waals surface area contributed by atoms with Crippen molar-refractivity contribution in [3.8, 4) is 0 Å². The molecule has 1 aromatic heterocycles. The fourth-order valence-corrected chi connectivity index (χ4v) is 1.94. The summed E-state index contributed by atoms with van der Waals surface area (Å²) in [6, 6.07) is 0.532. The molecule has 0 spiro atoms. The van der Waals surface area contributed by atoms with Crippen LogP contribution >= 0.6 is 11.6 Å². The first-order valence-electron chi connectivity index (χ1n) is 5.44. The van der Waals surface area contributed by atoms with Crippen molar-refractivity contribution in [3.05, 3.63) is 5.89 Å². The Labute approximate surface area is 99.7 Å². The van der Waals surface area contributed by atoms with Crippen molar-refractivity contribution in [1.82, 2.24) is 10.2 Å². The number of anilines is 1. The van der Waals surface area contributed by atoms with E-state index in [1.165, 1.54) is 0 Å². The number of aromatic nitrogens is 2. The van der Waals surface area contributed by atoms with Crippen LogP contribution in [-0.4, -0.2) is 35.5 Å². The van der Waals surface area contributed by atoms with Gasteiger partial charge in [0.25, 0.3) is 0 Å². The average Bonchev–Trinajstić information content (AvgIpc) is 2.64. The Morgan fingerprint density at radius 3 is 2.44 bits per heavy atom. The van der Waals surface area contributed by atoms with Crippen LogP contribution in [0.1, 0.15) is 32.0 Å². The molecule has 0 aromatic carbocycles. The Morgan fingerprint density at radius 1 is 1.31 bits per heavy atom. The predicted octanol–water partition coefficient (Wildman–Crippen LogP) is 1.98. The number of halogens is 1. The fourth-order valence-electron chi connectivity index (χ4n) is 1.85. The van der Waals surface area contributed by atoms with Gasteiger partial charge < -0.3 is 14.1 Å². The van der Waals surface area contributed by atoms with Gasteiger partial charge in [-0.3, -0.25) is 0 Å². The minimum absolute atomic E-state index is 0.174. The first kappa shape index (κ1) is 11.7. The second kappa shape index (κ2) is 4.59. The van der Waals surface area contributed by atoms with E-state index in [0.29, 0.717) is 11.9 Å². The molecule has 0 aliphatic carbocycles. The minimum atomic E-state index is -0.253. The molecule has 3 atom stereocenters. The topological polar surface area (TPSA) is 51.4 Å². The third kappa shape index (κ3) is 2.47. The van der Waals surface area contributed by atoms with Crippen molar-refractivity contribution in [2.24, 2.45) is 0 Å². The van der Waals surface area contributed by atoms with E-state index in [2.05, 4.69) is 10.2 Å². The van der Waals surface area contributed by atoms with Crippen molar-refractivity contribution >= 4 is 17.6 Å². The molecule has 0 saturated carbocycles. The highest BCUT2D eigenvalue weighted by molar-refractivity contribution is 6.20. The molecule has 1 aliphatic heterocycles. The molecule has 0 radical (unpaired) electrons. The number of morpholine rings is 1. The molecule has 1 aliphatic rings. The Balaban J connectivity index is 2.10. The van der Waals surface area contributed by atoms with Gasteiger partial charge >= 0.3 is 6.01 Å². The highest BCUT2D eigenvalue weighted by Gasteiger charge is 2.26. The SMILES string of the molecule is CC(Cl)c1nnc(N2C[C@@H](C)O[C@@H](C)C2)o1. The molecule has 6 heteroatoms. The van der Waals surface area contributed by atoms with E-state index in [9.17, 15) is 0 Å². The van der Waals surface area contributed by atoms with Gasteiger partial charge in [0, 0.05) is 13.1 Å². The lowest BCUT2D eigenvalue weighted by atomic mass is 10.2. The number of ether oxygens (including phenoxy) is 1. The third-order valence-corrected chi connectivity index (χ3v) is 2.65. The van der Waals surface area contributed by atoms with Crippen LogP contribution < -0.4 is 4.90 Å². The molecule has 5 nitrogen and oxygen atoms in total. The molecule has 1 fully saturated rings. The van der Waals surface area contributed by atoms with E-state index in [1.807, 2.05) is 25.7 Å². The maximum atomic E-state index is 5.87. The van der Waals surface area contributed by atoms with E-state index in [4.69, 9.17) is 20.8 Å². The molecule has 0 bridgehead atoms. The summed E-state index contributed by atoms with van der Waals surface area (Å²) in [5.41, 5.74) is 0. The third-order valence-electron chi connectivity index (χ3n) is 2.46. The monoisotopic (exact) mass is 245 g/mol. The highest BCUT2D eigenvalue weighted by Crippen LogP contribution is 2.23. The molecule has 1 saturated heterocycles. The summed E-state index contributed by atoms with van der Waals surface area (Å²) in [6.45, 7) is 7.41. The van der Waals surface area contributed by atoms with Gasteiger partial charge in [-0.05, 0) is 20.8 Å². The van der Waals surface area contributed by atoms with Crippen molar-refractivity contribution in [3.63, 3.8) is 0 Å². The van der Waals surface area contributed by atoms with Gasteiger partial charge in [0.15, 0.2) is 0 Å². The zero-order valence-electron chi connectivity index (χ0n) is 9.68. The summed E-state index contributed by atoms with van der Waals surface area (Å²) < 4.78 is 11.1. The Hall–Kier alpha value is -0.810. The van der Waals surface area contributed by atoms with Crippen LogP contribution in [0.4, 0.5) is 6.01 Å². The molecule has 16 heavy (non-hydrogen) atoms. The van der Waals surface area contributed by atoms with Crippen LogP contribution in [0, 0.1) is 0 Å². The number of nitrogens with zero attached hydrogens (tertiary/aromatic N) is 3. The fraction of sp³-hybridized carbons (Fsp3) is 0.800. The molecule has 0 amide bonds. The van der Waals surface area contributed by atoms with Crippen molar-refractivity contribution < 1.29 is 9.15 Å².